The minimum Gasteiger partial charge on any atom is -0.374 e. The maximum absolute atomic E-state index is 6.03. The van der Waals surface area contributed by atoms with E-state index >= 15 is 0 Å². The first kappa shape index (κ1) is 15.0. The molecule has 1 aliphatic rings. The minimum absolute atomic E-state index is 0.385. The molecule has 0 bridgehead atoms. The molecular weight excluding hydrogens is 270 g/mol. The summed E-state index contributed by atoms with van der Waals surface area (Å²) in [4.78, 5) is 4.77. The topological polar surface area (TPSA) is 21.6 Å². The highest BCUT2D eigenvalue weighted by molar-refractivity contribution is 5.85. The maximum Gasteiger partial charge on any atom is 0.0720 e. The summed E-state index contributed by atoms with van der Waals surface area (Å²) in [6, 6.07) is 20.9. The van der Waals surface area contributed by atoms with E-state index in [0.29, 0.717) is 6.10 Å². The summed E-state index contributed by atoms with van der Waals surface area (Å²) in [6.07, 6.45) is 4.73. The van der Waals surface area contributed by atoms with Crippen molar-refractivity contribution in [2.75, 3.05) is 0 Å². The SMILES string of the molecule is c1ccc(CN=C2CCC(OCc3ccccc3)CC2)cc1. The van der Waals surface area contributed by atoms with E-state index in [0.717, 1.165) is 38.8 Å². The van der Waals surface area contributed by atoms with Gasteiger partial charge in [-0.05, 0) is 36.8 Å². The fourth-order valence-corrected chi connectivity index (χ4v) is 2.82. The molecule has 2 heteroatoms. The molecule has 0 aromatic heterocycles. The molecule has 1 fully saturated rings. The minimum atomic E-state index is 0.385. The van der Waals surface area contributed by atoms with Crippen LogP contribution in [0.3, 0.4) is 0 Å². The Morgan fingerprint density at radius 3 is 2.05 bits per heavy atom. The Hall–Kier alpha value is -1.93. The Morgan fingerprint density at radius 2 is 1.41 bits per heavy atom. The first-order chi connectivity index (χ1) is 10.9. The van der Waals surface area contributed by atoms with Crippen LogP contribution in [0.2, 0.25) is 0 Å². The number of rotatable bonds is 5. The van der Waals surface area contributed by atoms with Crippen LogP contribution in [0.1, 0.15) is 36.8 Å². The molecule has 2 aromatic carbocycles. The Kier molecular flexibility index (Phi) is 5.38. The highest BCUT2D eigenvalue weighted by Gasteiger charge is 2.17. The largest absolute Gasteiger partial charge is 0.374 e. The fraction of sp³-hybridized carbons (Fsp3) is 0.350. The number of aliphatic imine (C=N–C) groups is 1. The smallest absolute Gasteiger partial charge is 0.0720 e. The highest BCUT2D eigenvalue weighted by atomic mass is 16.5. The van der Waals surface area contributed by atoms with Gasteiger partial charge < -0.3 is 4.74 Å². The van der Waals surface area contributed by atoms with Gasteiger partial charge in [0.25, 0.3) is 0 Å². The van der Waals surface area contributed by atoms with Crippen molar-refractivity contribution in [2.24, 2.45) is 4.99 Å². The van der Waals surface area contributed by atoms with Crippen LogP contribution >= 0.6 is 0 Å². The number of hydrogen-bond donors (Lipinski definition) is 0. The molecule has 2 aromatic rings. The quantitative estimate of drug-likeness (QED) is 0.777. The van der Waals surface area contributed by atoms with Gasteiger partial charge in [-0.3, -0.25) is 4.99 Å². The molecule has 0 heterocycles. The third-order valence-corrected chi connectivity index (χ3v) is 4.17. The fourth-order valence-electron chi connectivity index (χ4n) is 2.82. The Balaban J connectivity index is 1.42. The van der Waals surface area contributed by atoms with Gasteiger partial charge in [-0.2, -0.15) is 0 Å². The van der Waals surface area contributed by atoms with E-state index in [1.807, 2.05) is 12.1 Å². The van der Waals surface area contributed by atoms with Gasteiger partial charge in [-0.25, -0.2) is 0 Å². The zero-order chi connectivity index (χ0) is 15.0. The van der Waals surface area contributed by atoms with E-state index in [-0.39, 0.29) is 0 Å². The second-order valence-corrected chi connectivity index (χ2v) is 5.86. The zero-order valence-electron chi connectivity index (χ0n) is 12.9. The van der Waals surface area contributed by atoms with Gasteiger partial charge in [0.05, 0.1) is 19.3 Å². The second-order valence-electron chi connectivity index (χ2n) is 5.86. The number of nitrogens with zero attached hydrogens (tertiary/aromatic N) is 1. The van der Waals surface area contributed by atoms with Crippen LogP contribution in [-0.2, 0) is 17.9 Å². The summed E-state index contributed by atoms with van der Waals surface area (Å²) in [5, 5.41) is 0. The molecule has 0 N–H and O–H groups in total. The van der Waals surface area contributed by atoms with Crippen LogP contribution in [0.15, 0.2) is 65.7 Å². The van der Waals surface area contributed by atoms with E-state index < -0.39 is 0 Å². The van der Waals surface area contributed by atoms with Crippen molar-refractivity contribution in [3.05, 3.63) is 71.8 Å². The molecule has 1 saturated carbocycles. The van der Waals surface area contributed by atoms with Gasteiger partial charge in [0.1, 0.15) is 0 Å². The van der Waals surface area contributed by atoms with Crippen molar-refractivity contribution < 1.29 is 4.74 Å². The molecule has 3 rings (SSSR count). The third-order valence-electron chi connectivity index (χ3n) is 4.17. The highest BCUT2D eigenvalue weighted by Crippen LogP contribution is 2.21. The molecule has 0 atom stereocenters. The summed E-state index contributed by atoms with van der Waals surface area (Å²) in [7, 11) is 0. The molecular formula is C20H23NO. The molecule has 2 nitrogen and oxygen atoms in total. The summed E-state index contributed by atoms with van der Waals surface area (Å²) in [5.74, 6) is 0. The summed E-state index contributed by atoms with van der Waals surface area (Å²) >= 11 is 0. The van der Waals surface area contributed by atoms with Gasteiger partial charge in [-0.15, -0.1) is 0 Å². The van der Waals surface area contributed by atoms with Crippen LogP contribution < -0.4 is 0 Å². The summed E-state index contributed by atoms with van der Waals surface area (Å²) < 4.78 is 6.03. The van der Waals surface area contributed by atoms with Crippen molar-refractivity contribution in [2.45, 2.75) is 44.9 Å². The molecule has 0 aliphatic heterocycles. The van der Waals surface area contributed by atoms with E-state index in [1.54, 1.807) is 0 Å². The number of hydrogen-bond acceptors (Lipinski definition) is 2. The third kappa shape index (κ3) is 4.54. The Labute approximate surface area is 132 Å². The molecule has 0 unspecified atom stereocenters. The lowest BCUT2D eigenvalue weighted by molar-refractivity contribution is 0.0281. The molecule has 0 saturated heterocycles. The first-order valence-corrected chi connectivity index (χ1v) is 8.12. The predicted molar refractivity (Wildman–Crippen MR) is 91.1 cm³/mol. The monoisotopic (exact) mass is 293 g/mol. The van der Waals surface area contributed by atoms with Crippen LogP contribution in [0, 0.1) is 0 Å². The summed E-state index contributed by atoms with van der Waals surface area (Å²) in [6.45, 7) is 1.54. The lowest BCUT2D eigenvalue weighted by atomic mass is 9.95. The molecule has 0 amide bonds. The first-order valence-electron chi connectivity index (χ1n) is 8.12. The standard InChI is InChI=1S/C20H23NO/c1-3-7-17(8-4-1)15-21-19-11-13-20(14-12-19)22-16-18-9-5-2-6-10-18/h1-10,20H,11-16H2. The Morgan fingerprint density at radius 1 is 0.818 bits per heavy atom. The van der Waals surface area contributed by atoms with Crippen LogP contribution in [0.25, 0.3) is 0 Å². The maximum atomic E-state index is 6.03. The van der Waals surface area contributed by atoms with Crippen LogP contribution in [-0.4, -0.2) is 11.8 Å². The molecule has 22 heavy (non-hydrogen) atoms. The molecule has 0 radical (unpaired) electrons. The van der Waals surface area contributed by atoms with E-state index in [2.05, 4.69) is 48.5 Å². The van der Waals surface area contributed by atoms with Crippen molar-refractivity contribution >= 4 is 5.71 Å². The molecule has 1 aliphatic carbocycles. The van der Waals surface area contributed by atoms with Gasteiger partial charge in [0, 0.05) is 5.71 Å². The van der Waals surface area contributed by atoms with Gasteiger partial charge in [0.15, 0.2) is 0 Å². The van der Waals surface area contributed by atoms with Crippen LogP contribution in [0.5, 0.6) is 0 Å². The zero-order valence-corrected chi connectivity index (χ0v) is 12.9. The van der Waals surface area contributed by atoms with E-state index in [1.165, 1.54) is 16.8 Å². The van der Waals surface area contributed by atoms with E-state index in [4.69, 9.17) is 9.73 Å². The lowest BCUT2D eigenvalue weighted by Gasteiger charge is -2.23. The lowest BCUT2D eigenvalue weighted by Crippen LogP contribution is -2.21. The van der Waals surface area contributed by atoms with Crippen molar-refractivity contribution in [3.63, 3.8) is 0 Å². The van der Waals surface area contributed by atoms with E-state index in [9.17, 15) is 0 Å². The second kappa shape index (κ2) is 7.90. The van der Waals surface area contributed by atoms with Crippen molar-refractivity contribution in [3.8, 4) is 0 Å². The van der Waals surface area contributed by atoms with Gasteiger partial charge >= 0.3 is 0 Å². The van der Waals surface area contributed by atoms with Crippen molar-refractivity contribution in [1.82, 2.24) is 0 Å². The molecule has 0 spiro atoms. The Bertz CT molecular complexity index is 582. The van der Waals surface area contributed by atoms with Crippen molar-refractivity contribution in [1.29, 1.82) is 0 Å². The van der Waals surface area contributed by atoms with Crippen LogP contribution in [0.4, 0.5) is 0 Å². The number of ether oxygens (including phenoxy) is 1. The average molecular weight is 293 g/mol. The number of benzene rings is 2. The molecule has 114 valence electrons. The summed E-state index contributed by atoms with van der Waals surface area (Å²) in [5.41, 5.74) is 3.90. The van der Waals surface area contributed by atoms with Gasteiger partial charge in [-0.1, -0.05) is 60.7 Å². The van der Waals surface area contributed by atoms with Gasteiger partial charge in [0.2, 0.25) is 0 Å². The predicted octanol–water partition coefficient (Wildman–Crippen LogP) is 4.79. The normalized spacial score (nSPS) is 18.2. The average Bonchev–Trinajstić information content (AvgIpc) is 2.61.